The molecule has 0 amide bonds. The van der Waals surface area contributed by atoms with Crippen LogP contribution >= 0.6 is 0 Å². The number of aromatic hydroxyl groups is 2. The maximum atomic E-state index is 10.3. The third-order valence-electron chi connectivity index (χ3n) is 6.29. The quantitative estimate of drug-likeness (QED) is 0.499. The minimum atomic E-state index is -1.08. The largest absolute Gasteiger partial charge is 2.00 e. The molecule has 2 unspecified atom stereocenters. The standard InChI is InChI=1S/C28H38N2O2.2C2H4O2.Co/c1-27(2,3)21-11-13-25(31)19(15-21)17-29-23-9-7-8-10-24(23)30-18-20-16-22(28(4,5)6)12-14-26(20)32;2*1-2(3)4;/h11-18,23-24,31-32H,7-10H2,1-6H3;2*1H3,(H,3,4);/q;;;+2/p-2. The van der Waals surface area contributed by atoms with Crippen LogP contribution in [0.3, 0.4) is 0 Å². The fourth-order valence-corrected chi connectivity index (χ4v) is 4.04. The van der Waals surface area contributed by atoms with Gasteiger partial charge in [0.25, 0.3) is 0 Å². The Morgan fingerprint density at radius 3 is 1.29 bits per heavy atom. The van der Waals surface area contributed by atoms with Gasteiger partial charge in [0.05, 0.1) is 12.1 Å². The van der Waals surface area contributed by atoms with Crippen molar-refractivity contribution in [3.8, 4) is 11.5 Å². The molecule has 2 aromatic rings. The van der Waals surface area contributed by atoms with Gasteiger partial charge in [-0.25, -0.2) is 0 Å². The predicted molar refractivity (Wildman–Crippen MR) is 156 cm³/mol. The van der Waals surface area contributed by atoms with E-state index in [-0.39, 0.29) is 51.2 Å². The van der Waals surface area contributed by atoms with Crippen LogP contribution in [-0.2, 0) is 37.2 Å². The predicted octanol–water partition coefficient (Wildman–Crippen LogP) is 4.05. The fourth-order valence-electron chi connectivity index (χ4n) is 4.04. The first-order chi connectivity index (χ1) is 18.4. The Labute approximate surface area is 254 Å². The molecule has 2 atom stereocenters. The van der Waals surface area contributed by atoms with E-state index in [0.29, 0.717) is 0 Å². The molecule has 9 heteroatoms. The average Bonchev–Trinajstić information content (AvgIpc) is 2.81. The first kappa shape index (κ1) is 37.8. The summed E-state index contributed by atoms with van der Waals surface area (Å²) in [6, 6.07) is 11.6. The number of aliphatic imine (C=N–C) groups is 2. The van der Waals surface area contributed by atoms with Crippen molar-refractivity contribution >= 4 is 24.4 Å². The Hall–Kier alpha value is -3.17. The molecule has 1 aliphatic rings. The monoisotopic (exact) mass is 611 g/mol. The minimum Gasteiger partial charge on any atom is -0.550 e. The molecular formula is C32H44CoN2O6. The number of carboxylic acid groups (broad SMARTS) is 2. The van der Waals surface area contributed by atoms with E-state index >= 15 is 0 Å². The van der Waals surface area contributed by atoms with Crippen LogP contribution in [0.15, 0.2) is 46.4 Å². The summed E-state index contributed by atoms with van der Waals surface area (Å²) in [5.74, 6) is -1.66. The Morgan fingerprint density at radius 2 is 1.02 bits per heavy atom. The number of phenols is 2. The van der Waals surface area contributed by atoms with Gasteiger partial charge in [0.2, 0.25) is 0 Å². The summed E-state index contributed by atoms with van der Waals surface area (Å²) in [6.45, 7) is 14.9. The van der Waals surface area contributed by atoms with Crippen molar-refractivity contribution in [2.45, 2.75) is 104 Å². The van der Waals surface area contributed by atoms with E-state index < -0.39 is 11.9 Å². The molecule has 0 bridgehead atoms. The summed E-state index contributed by atoms with van der Waals surface area (Å²) in [6.07, 6.45) is 7.83. The molecule has 1 aliphatic carbocycles. The number of phenolic OH excluding ortho intramolecular Hbond substituents is 2. The molecule has 2 N–H and O–H groups in total. The smallest absolute Gasteiger partial charge is 0.550 e. The number of benzene rings is 2. The third-order valence-corrected chi connectivity index (χ3v) is 6.29. The van der Waals surface area contributed by atoms with E-state index in [1.807, 2.05) is 24.3 Å². The summed E-state index contributed by atoms with van der Waals surface area (Å²) >= 11 is 0. The number of aliphatic carboxylic acids is 2. The van der Waals surface area contributed by atoms with Gasteiger partial charge in [-0.2, -0.15) is 0 Å². The second-order valence-electron chi connectivity index (χ2n) is 12.0. The van der Waals surface area contributed by atoms with Crippen LogP contribution in [0.2, 0.25) is 0 Å². The van der Waals surface area contributed by atoms with Gasteiger partial charge in [0, 0.05) is 35.5 Å². The van der Waals surface area contributed by atoms with Gasteiger partial charge in [0.15, 0.2) is 0 Å². The molecule has 3 rings (SSSR count). The number of hydrogen-bond acceptors (Lipinski definition) is 8. The minimum absolute atomic E-state index is 0. The average molecular weight is 612 g/mol. The molecule has 8 nitrogen and oxygen atoms in total. The summed E-state index contributed by atoms with van der Waals surface area (Å²) in [4.78, 5) is 27.5. The maximum absolute atomic E-state index is 10.3. The number of rotatable bonds is 4. The van der Waals surface area contributed by atoms with Crippen LogP contribution in [0.5, 0.6) is 11.5 Å². The van der Waals surface area contributed by atoms with Gasteiger partial charge < -0.3 is 30.0 Å². The summed E-state index contributed by atoms with van der Waals surface area (Å²) in [5.41, 5.74) is 3.87. The zero-order valence-corrected chi connectivity index (χ0v) is 26.4. The van der Waals surface area contributed by atoms with Crippen molar-refractivity contribution < 1.29 is 46.8 Å². The zero-order chi connectivity index (χ0) is 30.7. The van der Waals surface area contributed by atoms with Crippen LogP contribution in [0, 0.1) is 0 Å². The van der Waals surface area contributed by atoms with E-state index in [1.165, 1.54) is 11.1 Å². The molecule has 41 heavy (non-hydrogen) atoms. The van der Waals surface area contributed by atoms with Crippen molar-refractivity contribution in [1.82, 2.24) is 0 Å². The van der Waals surface area contributed by atoms with Gasteiger partial charge in [-0.1, -0.05) is 66.5 Å². The second-order valence-corrected chi connectivity index (χ2v) is 12.0. The molecular weight excluding hydrogens is 567 g/mol. The van der Waals surface area contributed by atoms with Gasteiger partial charge in [0.1, 0.15) is 11.5 Å². The van der Waals surface area contributed by atoms with E-state index in [0.717, 1.165) is 50.7 Å². The first-order valence-corrected chi connectivity index (χ1v) is 13.5. The number of hydrogen-bond donors (Lipinski definition) is 2. The van der Waals surface area contributed by atoms with Crippen molar-refractivity contribution in [2.75, 3.05) is 0 Å². The zero-order valence-electron chi connectivity index (χ0n) is 25.4. The summed E-state index contributed by atoms with van der Waals surface area (Å²) in [7, 11) is 0. The molecule has 227 valence electrons. The molecule has 1 saturated carbocycles. The van der Waals surface area contributed by atoms with E-state index in [2.05, 4.69) is 41.5 Å². The Balaban J connectivity index is 0.00000158. The molecule has 1 fully saturated rings. The normalized spacial score (nSPS) is 17.1. The SMILES string of the molecule is CC(=O)[O-].CC(=O)[O-].CC(C)(C)c1ccc(O)c(C=NC2CCCCC2N=Cc2cc(C(C)(C)C)ccc2O)c1.[Co+2]. The molecule has 0 saturated heterocycles. The van der Waals surface area contributed by atoms with Crippen LogP contribution in [0.25, 0.3) is 0 Å². The Morgan fingerprint density at radius 1 is 0.732 bits per heavy atom. The molecule has 2 aromatic carbocycles. The van der Waals surface area contributed by atoms with E-state index in [9.17, 15) is 10.2 Å². The third kappa shape index (κ3) is 14.3. The Bertz CT molecular complexity index is 1090. The topological polar surface area (TPSA) is 145 Å². The van der Waals surface area contributed by atoms with Gasteiger partial charge in [-0.15, -0.1) is 0 Å². The van der Waals surface area contributed by atoms with E-state index in [4.69, 9.17) is 29.8 Å². The van der Waals surface area contributed by atoms with Crippen molar-refractivity contribution in [3.05, 3.63) is 58.7 Å². The van der Waals surface area contributed by atoms with Crippen LogP contribution in [0.1, 0.15) is 103 Å². The first-order valence-electron chi connectivity index (χ1n) is 13.5. The van der Waals surface area contributed by atoms with Crippen molar-refractivity contribution in [2.24, 2.45) is 9.98 Å². The number of carbonyl (C=O) groups excluding carboxylic acids is 2. The number of carbonyl (C=O) groups is 2. The fraction of sp³-hybridized carbons (Fsp3) is 0.500. The molecule has 1 radical (unpaired) electrons. The maximum Gasteiger partial charge on any atom is 2.00 e. The van der Waals surface area contributed by atoms with E-state index in [1.54, 1.807) is 24.6 Å². The van der Waals surface area contributed by atoms with Gasteiger partial charge in [-0.05, 0) is 72.9 Å². The Kier molecular flexibility index (Phi) is 15.6. The second kappa shape index (κ2) is 16.9. The summed E-state index contributed by atoms with van der Waals surface area (Å²) < 4.78 is 0. The van der Waals surface area contributed by atoms with Crippen molar-refractivity contribution in [1.29, 1.82) is 0 Å². The van der Waals surface area contributed by atoms with Crippen molar-refractivity contribution in [3.63, 3.8) is 0 Å². The van der Waals surface area contributed by atoms with Gasteiger partial charge in [-0.3, -0.25) is 9.98 Å². The molecule has 0 spiro atoms. The van der Waals surface area contributed by atoms with Crippen LogP contribution < -0.4 is 10.2 Å². The van der Waals surface area contributed by atoms with Crippen LogP contribution in [0.4, 0.5) is 0 Å². The van der Waals surface area contributed by atoms with Crippen LogP contribution in [-0.4, -0.2) is 46.7 Å². The molecule has 0 aliphatic heterocycles. The van der Waals surface area contributed by atoms with Gasteiger partial charge >= 0.3 is 16.8 Å². The summed E-state index contributed by atoms with van der Waals surface area (Å²) in [5, 5.41) is 38.4. The number of carboxylic acids is 2. The molecule has 0 heterocycles. The molecule has 0 aromatic heterocycles. The number of nitrogens with zero attached hydrogens (tertiary/aromatic N) is 2.